The van der Waals surface area contributed by atoms with Crippen molar-refractivity contribution in [1.82, 2.24) is 10.2 Å². The Kier molecular flexibility index (Phi) is 6.45. The summed E-state index contributed by atoms with van der Waals surface area (Å²) < 4.78 is 11.2. The summed E-state index contributed by atoms with van der Waals surface area (Å²) in [6, 6.07) is 0.610. The Bertz CT molecular complexity index is 185. The summed E-state index contributed by atoms with van der Waals surface area (Å²) in [5.74, 6) is 1.78. The van der Waals surface area contributed by atoms with Gasteiger partial charge in [0, 0.05) is 41.4 Å². The van der Waals surface area contributed by atoms with E-state index < -0.39 is 10.8 Å². The fraction of sp³-hybridized carbons (Fsp3) is 1.00. The fourth-order valence-corrected chi connectivity index (χ4v) is 3.26. The highest BCUT2D eigenvalue weighted by Gasteiger charge is 2.16. The Morgan fingerprint density at radius 1 is 1.27 bits per heavy atom. The molecule has 1 aliphatic heterocycles. The van der Waals surface area contributed by atoms with Crippen LogP contribution in [0.2, 0.25) is 0 Å². The highest BCUT2D eigenvalue weighted by molar-refractivity contribution is 7.85. The zero-order valence-corrected chi connectivity index (χ0v) is 10.8. The van der Waals surface area contributed by atoms with Gasteiger partial charge >= 0.3 is 0 Å². The molecule has 0 aliphatic carbocycles. The maximum Gasteiger partial charge on any atom is 0.0249 e. The molecule has 1 N–H and O–H groups in total. The molecule has 1 aliphatic rings. The molecular formula is C11H24N2OS. The number of nitrogens with zero attached hydrogens (tertiary/aromatic N) is 1. The summed E-state index contributed by atoms with van der Waals surface area (Å²) in [6.45, 7) is 8.87. The van der Waals surface area contributed by atoms with Crippen molar-refractivity contribution in [2.45, 2.75) is 32.7 Å². The minimum atomic E-state index is -0.529. The standard InChI is InChI=1S/C11H24N2OS/c1-3-13(4-2)8-7-12-11-5-9-15(14)10-6-11/h11-12H,3-10H2,1-2H3. The summed E-state index contributed by atoms with van der Waals surface area (Å²) in [6.07, 6.45) is 2.18. The van der Waals surface area contributed by atoms with Crippen LogP contribution in [-0.4, -0.2) is 52.8 Å². The van der Waals surface area contributed by atoms with Crippen LogP contribution in [0.4, 0.5) is 0 Å². The zero-order chi connectivity index (χ0) is 11.1. The number of hydrogen-bond acceptors (Lipinski definition) is 3. The van der Waals surface area contributed by atoms with Crippen molar-refractivity contribution in [2.24, 2.45) is 0 Å². The van der Waals surface area contributed by atoms with Gasteiger partial charge in [-0.3, -0.25) is 4.21 Å². The first kappa shape index (κ1) is 13.1. The van der Waals surface area contributed by atoms with Crippen LogP contribution < -0.4 is 5.32 Å². The lowest BCUT2D eigenvalue weighted by Crippen LogP contribution is -2.40. The maximum atomic E-state index is 11.2. The van der Waals surface area contributed by atoms with E-state index in [9.17, 15) is 4.21 Å². The Morgan fingerprint density at radius 2 is 1.87 bits per heavy atom. The second-order valence-electron chi connectivity index (χ2n) is 4.10. The number of hydrogen-bond donors (Lipinski definition) is 1. The first-order valence-electron chi connectivity index (χ1n) is 6.07. The highest BCUT2D eigenvalue weighted by atomic mass is 32.2. The Morgan fingerprint density at radius 3 is 2.40 bits per heavy atom. The second kappa shape index (κ2) is 7.36. The molecule has 0 bridgehead atoms. The van der Waals surface area contributed by atoms with Crippen molar-refractivity contribution >= 4 is 10.8 Å². The Balaban J connectivity index is 2.07. The number of nitrogens with one attached hydrogen (secondary N) is 1. The molecule has 0 spiro atoms. The molecule has 0 atom stereocenters. The van der Waals surface area contributed by atoms with Crippen LogP contribution >= 0.6 is 0 Å². The molecule has 15 heavy (non-hydrogen) atoms. The molecule has 0 aromatic rings. The van der Waals surface area contributed by atoms with E-state index >= 15 is 0 Å². The molecule has 1 heterocycles. The average molecular weight is 232 g/mol. The van der Waals surface area contributed by atoms with E-state index in [2.05, 4.69) is 24.1 Å². The van der Waals surface area contributed by atoms with Crippen LogP contribution in [0.3, 0.4) is 0 Å². The third kappa shape index (κ3) is 5.09. The van der Waals surface area contributed by atoms with Gasteiger partial charge in [0.1, 0.15) is 0 Å². The van der Waals surface area contributed by atoms with Gasteiger partial charge in [0.25, 0.3) is 0 Å². The third-order valence-corrected chi connectivity index (χ3v) is 4.53. The van der Waals surface area contributed by atoms with E-state index in [1.54, 1.807) is 0 Å². The molecule has 3 nitrogen and oxygen atoms in total. The monoisotopic (exact) mass is 232 g/mol. The molecule has 1 fully saturated rings. The molecular weight excluding hydrogens is 208 g/mol. The zero-order valence-electron chi connectivity index (χ0n) is 10.00. The third-order valence-electron chi connectivity index (χ3n) is 3.14. The lowest BCUT2D eigenvalue weighted by Gasteiger charge is -2.24. The molecule has 0 aromatic heterocycles. The largest absolute Gasteiger partial charge is 0.313 e. The van der Waals surface area contributed by atoms with Gasteiger partial charge in [0.05, 0.1) is 0 Å². The Labute approximate surface area is 96.1 Å². The molecule has 90 valence electrons. The van der Waals surface area contributed by atoms with E-state index in [4.69, 9.17) is 0 Å². The molecule has 0 amide bonds. The predicted molar refractivity (Wildman–Crippen MR) is 66.7 cm³/mol. The van der Waals surface area contributed by atoms with Crippen LogP contribution in [0.5, 0.6) is 0 Å². The molecule has 0 saturated carbocycles. The summed E-state index contributed by atoms with van der Waals surface area (Å²) in [5.41, 5.74) is 0. The van der Waals surface area contributed by atoms with Gasteiger partial charge in [-0.1, -0.05) is 13.8 Å². The van der Waals surface area contributed by atoms with Gasteiger partial charge in [-0.05, 0) is 25.9 Å². The van der Waals surface area contributed by atoms with Gasteiger partial charge < -0.3 is 10.2 Å². The predicted octanol–water partition coefficient (Wildman–Crippen LogP) is 0.829. The van der Waals surface area contributed by atoms with Crippen molar-refractivity contribution < 1.29 is 4.21 Å². The molecule has 4 heteroatoms. The summed E-state index contributed by atoms with van der Waals surface area (Å²) >= 11 is 0. The van der Waals surface area contributed by atoms with Gasteiger partial charge in [0.2, 0.25) is 0 Å². The topological polar surface area (TPSA) is 32.3 Å². The minimum Gasteiger partial charge on any atom is -0.313 e. The molecule has 0 unspecified atom stereocenters. The lowest BCUT2D eigenvalue weighted by molar-refractivity contribution is 0.294. The van der Waals surface area contributed by atoms with E-state index in [0.29, 0.717) is 6.04 Å². The van der Waals surface area contributed by atoms with Gasteiger partial charge in [-0.25, -0.2) is 0 Å². The average Bonchev–Trinajstić information content (AvgIpc) is 2.27. The van der Waals surface area contributed by atoms with Crippen LogP contribution in [-0.2, 0) is 10.8 Å². The number of likely N-dealkylation sites (N-methyl/N-ethyl adjacent to an activating group) is 1. The SMILES string of the molecule is CCN(CC)CCNC1CCS(=O)CC1. The van der Waals surface area contributed by atoms with Crippen LogP contribution in [0.15, 0.2) is 0 Å². The quantitative estimate of drug-likeness (QED) is 0.736. The second-order valence-corrected chi connectivity index (χ2v) is 5.80. The van der Waals surface area contributed by atoms with E-state index in [-0.39, 0.29) is 0 Å². The first-order valence-corrected chi connectivity index (χ1v) is 7.55. The van der Waals surface area contributed by atoms with Crippen molar-refractivity contribution in [3.8, 4) is 0 Å². The smallest absolute Gasteiger partial charge is 0.0249 e. The van der Waals surface area contributed by atoms with E-state index in [1.165, 1.54) is 0 Å². The van der Waals surface area contributed by atoms with E-state index in [0.717, 1.165) is 50.5 Å². The summed E-state index contributed by atoms with van der Waals surface area (Å²) in [5, 5.41) is 3.57. The normalized spacial score (nSPS) is 27.1. The van der Waals surface area contributed by atoms with Crippen molar-refractivity contribution in [2.75, 3.05) is 37.7 Å². The van der Waals surface area contributed by atoms with Gasteiger partial charge in [-0.2, -0.15) is 0 Å². The Hall–Kier alpha value is 0.0700. The van der Waals surface area contributed by atoms with Crippen LogP contribution in [0.25, 0.3) is 0 Å². The number of rotatable bonds is 6. The molecule has 1 saturated heterocycles. The molecule has 0 aromatic carbocycles. The maximum absolute atomic E-state index is 11.2. The first-order chi connectivity index (χ1) is 7.26. The lowest BCUT2D eigenvalue weighted by atomic mass is 10.1. The summed E-state index contributed by atoms with van der Waals surface area (Å²) in [4.78, 5) is 2.42. The minimum absolute atomic E-state index is 0.529. The van der Waals surface area contributed by atoms with Crippen LogP contribution in [0, 0.1) is 0 Å². The fourth-order valence-electron chi connectivity index (χ4n) is 1.96. The molecule has 0 radical (unpaired) electrons. The highest BCUT2D eigenvalue weighted by Crippen LogP contribution is 2.08. The molecule has 1 rings (SSSR count). The van der Waals surface area contributed by atoms with Gasteiger partial charge in [-0.15, -0.1) is 0 Å². The van der Waals surface area contributed by atoms with Gasteiger partial charge in [0.15, 0.2) is 0 Å². The van der Waals surface area contributed by atoms with E-state index in [1.807, 2.05) is 0 Å². The van der Waals surface area contributed by atoms with Crippen LogP contribution in [0.1, 0.15) is 26.7 Å². The van der Waals surface area contributed by atoms with Crippen molar-refractivity contribution in [1.29, 1.82) is 0 Å². The van der Waals surface area contributed by atoms with Crippen molar-refractivity contribution in [3.63, 3.8) is 0 Å². The van der Waals surface area contributed by atoms with Crippen molar-refractivity contribution in [3.05, 3.63) is 0 Å². The summed E-state index contributed by atoms with van der Waals surface area (Å²) in [7, 11) is -0.529.